The van der Waals surface area contributed by atoms with E-state index in [9.17, 15) is 14.0 Å². The summed E-state index contributed by atoms with van der Waals surface area (Å²) in [6, 6.07) is 3.77. The van der Waals surface area contributed by atoms with Crippen LogP contribution in [0.4, 0.5) is 4.39 Å². The van der Waals surface area contributed by atoms with Gasteiger partial charge in [-0.25, -0.2) is 9.18 Å². The van der Waals surface area contributed by atoms with Crippen molar-refractivity contribution in [3.8, 4) is 5.75 Å². The predicted octanol–water partition coefficient (Wildman–Crippen LogP) is 1.29. The van der Waals surface area contributed by atoms with Crippen molar-refractivity contribution in [1.82, 2.24) is 5.32 Å². The summed E-state index contributed by atoms with van der Waals surface area (Å²) in [5.41, 5.74) is -0.243. The average Bonchev–Trinajstić information content (AvgIpc) is 3.03. The van der Waals surface area contributed by atoms with E-state index in [2.05, 4.69) is 5.32 Å². The first-order valence-electron chi connectivity index (χ1n) is 6.99. The van der Waals surface area contributed by atoms with E-state index in [-0.39, 0.29) is 11.7 Å². The Balaban J connectivity index is 1.78. The average molecular weight is 311 g/mol. The van der Waals surface area contributed by atoms with Crippen LogP contribution in [-0.4, -0.2) is 44.8 Å². The van der Waals surface area contributed by atoms with Crippen molar-refractivity contribution in [2.45, 2.75) is 18.9 Å². The number of hydrogen-bond donors (Lipinski definition) is 1. The zero-order valence-electron chi connectivity index (χ0n) is 12.3. The Hall–Kier alpha value is -2.15. The number of methoxy groups -OCH3 is 1. The summed E-state index contributed by atoms with van der Waals surface area (Å²) >= 11 is 0. The highest BCUT2D eigenvalue weighted by Crippen LogP contribution is 2.17. The fourth-order valence-electron chi connectivity index (χ4n) is 2.08. The molecule has 2 rings (SSSR count). The third-order valence-corrected chi connectivity index (χ3v) is 3.28. The molecule has 1 fully saturated rings. The van der Waals surface area contributed by atoms with Crippen LogP contribution in [0.25, 0.3) is 0 Å². The molecule has 1 aliphatic rings. The monoisotopic (exact) mass is 311 g/mol. The molecule has 6 nitrogen and oxygen atoms in total. The van der Waals surface area contributed by atoms with Crippen LogP contribution in [-0.2, 0) is 14.3 Å². The Morgan fingerprint density at radius 3 is 2.91 bits per heavy atom. The molecule has 1 amide bonds. The highest BCUT2D eigenvalue weighted by atomic mass is 19.1. The number of rotatable bonds is 6. The molecule has 0 saturated carbocycles. The molecule has 0 bridgehead atoms. The topological polar surface area (TPSA) is 73.9 Å². The normalized spacial score (nSPS) is 17.1. The Morgan fingerprint density at radius 1 is 1.45 bits per heavy atom. The third kappa shape index (κ3) is 4.42. The van der Waals surface area contributed by atoms with E-state index in [0.29, 0.717) is 18.9 Å². The Morgan fingerprint density at radius 2 is 2.27 bits per heavy atom. The molecule has 7 heteroatoms. The Labute approximate surface area is 127 Å². The van der Waals surface area contributed by atoms with Crippen LogP contribution in [0.3, 0.4) is 0 Å². The van der Waals surface area contributed by atoms with Crippen LogP contribution in [0.1, 0.15) is 23.2 Å². The van der Waals surface area contributed by atoms with E-state index >= 15 is 0 Å². The van der Waals surface area contributed by atoms with Crippen molar-refractivity contribution in [3.05, 3.63) is 29.6 Å². The van der Waals surface area contributed by atoms with E-state index in [0.717, 1.165) is 18.9 Å². The molecule has 1 aromatic carbocycles. The van der Waals surface area contributed by atoms with Gasteiger partial charge in [-0.05, 0) is 25.0 Å². The van der Waals surface area contributed by atoms with Crippen LogP contribution in [0.2, 0.25) is 0 Å². The number of nitrogens with one attached hydrogen (secondary N) is 1. The molecule has 0 spiro atoms. The summed E-state index contributed by atoms with van der Waals surface area (Å²) in [6.07, 6.45) is 1.89. The number of amides is 1. The second kappa shape index (κ2) is 7.74. The van der Waals surface area contributed by atoms with Crippen LogP contribution >= 0.6 is 0 Å². The molecule has 0 unspecified atom stereocenters. The smallest absolute Gasteiger partial charge is 0.341 e. The minimum Gasteiger partial charge on any atom is -0.497 e. The predicted molar refractivity (Wildman–Crippen MR) is 75.2 cm³/mol. The van der Waals surface area contributed by atoms with Gasteiger partial charge in [-0.15, -0.1) is 0 Å². The van der Waals surface area contributed by atoms with Gasteiger partial charge in [0.2, 0.25) is 0 Å². The first-order valence-corrected chi connectivity index (χ1v) is 6.99. The van der Waals surface area contributed by atoms with Crippen molar-refractivity contribution >= 4 is 11.9 Å². The zero-order valence-corrected chi connectivity index (χ0v) is 12.3. The second-order valence-corrected chi connectivity index (χ2v) is 4.86. The number of halogens is 1. The summed E-state index contributed by atoms with van der Waals surface area (Å²) in [5.74, 6) is -1.81. The maximum absolute atomic E-state index is 13.7. The SMILES string of the molecule is COc1ccc(C(=O)OCC(=O)NC[C@@H]2CCCO2)c(F)c1. The van der Waals surface area contributed by atoms with Crippen molar-refractivity contribution in [3.63, 3.8) is 0 Å². The van der Waals surface area contributed by atoms with Crippen molar-refractivity contribution in [2.24, 2.45) is 0 Å². The summed E-state index contributed by atoms with van der Waals surface area (Å²) in [4.78, 5) is 23.3. The first kappa shape index (κ1) is 16.2. The van der Waals surface area contributed by atoms with Gasteiger partial charge in [0.05, 0.1) is 18.8 Å². The number of benzene rings is 1. The summed E-state index contributed by atoms with van der Waals surface area (Å²) < 4.78 is 28.6. The second-order valence-electron chi connectivity index (χ2n) is 4.86. The molecule has 1 heterocycles. The van der Waals surface area contributed by atoms with Gasteiger partial charge in [-0.1, -0.05) is 0 Å². The molecule has 1 saturated heterocycles. The Bertz CT molecular complexity index is 543. The first-order chi connectivity index (χ1) is 10.6. The minimum absolute atomic E-state index is 0.0127. The number of ether oxygens (including phenoxy) is 3. The maximum Gasteiger partial charge on any atom is 0.341 e. The van der Waals surface area contributed by atoms with Crippen molar-refractivity contribution in [1.29, 1.82) is 0 Å². The zero-order chi connectivity index (χ0) is 15.9. The van der Waals surface area contributed by atoms with Crippen molar-refractivity contribution in [2.75, 3.05) is 26.9 Å². The molecule has 1 atom stereocenters. The highest BCUT2D eigenvalue weighted by Gasteiger charge is 2.18. The van der Waals surface area contributed by atoms with E-state index < -0.39 is 24.3 Å². The fourth-order valence-corrected chi connectivity index (χ4v) is 2.08. The molecule has 0 radical (unpaired) electrons. The summed E-state index contributed by atoms with van der Waals surface area (Å²) in [7, 11) is 1.39. The van der Waals surface area contributed by atoms with Gasteiger partial charge in [-0.3, -0.25) is 4.79 Å². The van der Waals surface area contributed by atoms with Crippen LogP contribution in [0.15, 0.2) is 18.2 Å². The lowest BCUT2D eigenvalue weighted by Gasteiger charge is -2.11. The van der Waals surface area contributed by atoms with Gasteiger partial charge < -0.3 is 19.5 Å². The summed E-state index contributed by atoms with van der Waals surface area (Å²) in [6.45, 7) is 0.622. The molecular weight excluding hydrogens is 293 g/mol. The molecule has 1 N–H and O–H groups in total. The maximum atomic E-state index is 13.7. The van der Waals surface area contributed by atoms with E-state index in [1.807, 2.05) is 0 Å². The minimum atomic E-state index is -0.896. The number of carbonyl (C=O) groups is 2. The molecular formula is C15H18FNO5. The van der Waals surface area contributed by atoms with Crippen LogP contribution in [0, 0.1) is 5.82 Å². The quantitative estimate of drug-likeness (QED) is 0.801. The molecule has 120 valence electrons. The summed E-state index contributed by atoms with van der Waals surface area (Å²) in [5, 5.41) is 2.61. The van der Waals surface area contributed by atoms with Crippen LogP contribution < -0.4 is 10.1 Å². The fraction of sp³-hybridized carbons (Fsp3) is 0.467. The third-order valence-electron chi connectivity index (χ3n) is 3.28. The molecule has 0 aromatic heterocycles. The van der Waals surface area contributed by atoms with E-state index in [4.69, 9.17) is 14.2 Å². The molecule has 1 aromatic rings. The van der Waals surface area contributed by atoms with E-state index in [1.54, 1.807) is 0 Å². The van der Waals surface area contributed by atoms with Gasteiger partial charge >= 0.3 is 5.97 Å². The lowest BCUT2D eigenvalue weighted by Crippen LogP contribution is -2.34. The largest absolute Gasteiger partial charge is 0.497 e. The molecule has 0 aliphatic carbocycles. The molecule has 22 heavy (non-hydrogen) atoms. The van der Waals surface area contributed by atoms with Gasteiger partial charge in [0, 0.05) is 19.2 Å². The lowest BCUT2D eigenvalue weighted by molar-refractivity contribution is -0.124. The highest BCUT2D eigenvalue weighted by molar-refractivity contribution is 5.91. The van der Waals surface area contributed by atoms with Gasteiger partial charge in [0.15, 0.2) is 6.61 Å². The van der Waals surface area contributed by atoms with Gasteiger partial charge in [-0.2, -0.15) is 0 Å². The number of hydrogen-bond acceptors (Lipinski definition) is 5. The number of carbonyl (C=O) groups excluding carboxylic acids is 2. The van der Waals surface area contributed by atoms with Gasteiger partial charge in [0.25, 0.3) is 5.91 Å². The van der Waals surface area contributed by atoms with Crippen LogP contribution in [0.5, 0.6) is 5.75 Å². The lowest BCUT2D eigenvalue weighted by atomic mass is 10.2. The molecule has 1 aliphatic heterocycles. The van der Waals surface area contributed by atoms with E-state index in [1.165, 1.54) is 19.2 Å². The Kier molecular flexibility index (Phi) is 5.71. The standard InChI is InChI=1S/C15H18FNO5/c1-20-10-4-5-12(13(16)7-10)15(19)22-9-14(18)17-8-11-3-2-6-21-11/h4-5,7,11H,2-3,6,8-9H2,1H3,(H,17,18)/t11-/m0/s1. The van der Waals surface area contributed by atoms with Crippen molar-refractivity contribution < 1.29 is 28.2 Å². The van der Waals surface area contributed by atoms with Gasteiger partial charge in [0.1, 0.15) is 11.6 Å². The number of esters is 1.